The Bertz CT molecular complexity index is 1790. The largest absolute Gasteiger partial charge is 0.482 e. The van der Waals surface area contributed by atoms with Gasteiger partial charge >= 0.3 is 5.97 Å². The molecule has 1 aromatic heterocycles. The predicted molar refractivity (Wildman–Crippen MR) is 148 cm³/mol. The second-order valence-corrected chi connectivity index (χ2v) is 10.5. The molecule has 0 fully saturated rings. The summed E-state index contributed by atoms with van der Waals surface area (Å²) in [4.78, 5) is 31.0. The van der Waals surface area contributed by atoms with Crippen LogP contribution in [0.25, 0.3) is 11.8 Å². The number of methoxy groups -OCH3 is 1. The average Bonchev–Trinajstić information content (AvgIpc) is 3.25. The lowest BCUT2D eigenvalue weighted by atomic mass is 9.83. The Hall–Kier alpha value is -3.94. The van der Waals surface area contributed by atoms with Crippen LogP contribution in [-0.2, 0) is 16.0 Å². The first kappa shape index (κ1) is 24.4. The third kappa shape index (κ3) is 4.38. The van der Waals surface area contributed by atoms with Crippen LogP contribution >= 0.6 is 22.9 Å². The second kappa shape index (κ2) is 10.1. The molecule has 3 aromatic carbocycles. The molecule has 8 heteroatoms. The summed E-state index contributed by atoms with van der Waals surface area (Å²) in [5.41, 5.74) is 5.96. The van der Waals surface area contributed by atoms with Gasteiger partial charge in [-0.1, -0.05) is 77.5 Å². The number of esters is 1. The first-order valence-corrected chi connectivity index (χ1v) is 13.4. The van der Waals surface area contributed by atoms with Crippen molar-refractivity contribution < 1.29 is 14.3 Å². The number of hydrogen-bond acceptors (Lipinski definition) is 6. The number of nitrogens with zero attached hydrogens (tertiary/aromatic N) is 2. The van der Waals surface area contributed by atoms with Crippen molar-refractivity contribution in [2.24, 2.45) is 4.99 Å². The highest BCUT2D eigenvalue weighted by Crippen LogP contribution is 2.42. The van der Waals surface area contributed by atoms with E-state index < -0.39 is 5.97 Å². The van der Waals surface area contributed by atoms with Gasteiger partial charge in [-0.3, -0.25) is 9.36 Å². The minimum Gasteiger partial charge on any atom is -0.482 e. The molecule has 0 saturated heterocycles. The van der Waals surface area contributed by atoms with Gasteiger partial charge in [0.15, 0.2) is 11.4 Å². The van der Waals surface area contributed by atoms with Gasteiger partial charge in [-0.05, 0) is 59.4 Å². The summed E-state index contributed by atoms with van der Waals surface area (Å²) in [7, 11) is 1.31. The van der Waals surface area contributed by atoms with Gasteiger partial charge in [0.05, 0.1) is 23.4 Å². The number of benzene rings is 3. The van der Waals surface area contributed by atoms with Crippen LogP contribution in [0.4, 0.5) is 0 Å². The van der Waals surface area contributed by atoms with E-state index in [-0.39, 0.29) is 18.2 Å². The van der Waals surface area contributed by atoms with Crippen LogP contribution in [0.3, 0.4) is 0 Å². The van der Waals surface area contributed by atoms with Gasteiger partial charge in [-0.2, -0.15) is 0 Å². The molecule has 4 aromatic rings. The second-order valence-electron chi connectivity index (χ2n) is 9.07. The molecule has 1 aliphatic carbocycles. The number of ether oxygens (including phenoxy) is 2. The fourth-order valence-electron chi connectivity index (χ4n) is 5.04. The molecule has 0 bridgehead atoms. The summed E-state index contributed by atoms with van der Waals surface area (Å²) < 4.78 is 12.5. The molecule has 6 rings (SSSR count). The van der Waals surface area contributed by atoms with E-state index in [1.54, 1.807) is 16.7 Å². The molecule has 1 atom stereocenters. The number of rotatable bonds is 5. The molecule has 1 aliphatic heterocycles. The minimum absolute atomic E-state index is 0.120. The van der Waals surface area contributed by atoms with Crippen molar-refractivity contribution >= 4 is 40.7 Å². The fourth-order valence-corrected chi connectivity index (χ4v) is 6.28. The Morgan fingerprint density at radius 2 is 1.92 bits per heavy atom. The Kier molecular flexibility index (Phi) is 6.47. The SMILES string of the molecule is COC(=O)COc1cccc(C=c2sc3n(c2=O)C(c2ccccc2Cl)C2=C(N=3)c3ccccc3CC2)c1. The number of hydrogen-bond donors (Lipinski definition) is 0. The third-order valence-electron chi connectivity index (χ3n) is 6.81. The molecule has 2 aliphatic rings. The zero-order valence-electron chi connectivity index (χ0n) is 20.5. The maximum Gasteiger partial charge on any atom is 0.343 e. The lowest BCUT2D eigenvalue weighted by Gasteiger charge is -2.31. The topological polar surface area (TPSA) is 69.9 Å². The number of aromatic nitrogens is 1. The summed E-state index contributed by atoms with van der Waals surface area (Å²) in [6.07, 6.45) is 3.51. The molecule has 1 unspecified atom stereocenters. The summed E-state index contributed by atoms with van der Waals surface area (Å²) in [6, 6.07) is 22.9. The lowest BCUT2D eigenvalue weighted by Crippen LogP contribution is -2.38. The van der Waals surface area contributed by atoms with E-state index in [0.29, 0.717) is 20.1 Å². The smallest absolute Gasteiger partial charge is 0.343 e. The molecule has 0 amide bonds. The van der Waals surface area contributed by atoms with Crippen molar-refractivity contribution in [2.75, 3.05) is 13.7 Å². The predicted octanol–water partition coefficient (Wildman–Crippen LogP) is 4.52. The standard InChI is InChI=1S/C30H23ClN2O4S/c1-36-26(34)17-37-20-9-6-7-18(15-20)16-25-29(35)33-28(22-11-4-5-12-24(22)31)23-14-13-19-8-2-3-10-21(19)27(23)32-30(33)38-25/h2-12,15-16,28H,13-14,17H2,1H3. The Morgan fingerprint density at radius 1 is 1.11 bits per heavy atom. The highest BCUT2D eigenvalue weighted by Gasteiger charge is 2.33. The lowest BCUT2D eigenvalue weighted by molar-refractivity contribution is -0.142. The van der Waals surface area contributed by atoms with Crippen LogP contribution in [0.1, 0.15) is 34.7 Å². The number of carbonyl (C=O) groups excluding carboxylic acids is 1. The van der Waals surface area contributed by atoms with Gasteiger partial charge < -0.3 is 9.47 Å². The number of carbonyl (C=O) groups is 1. The fraction of sp³-hybridized carbons (Fsp3) is 0.167. The van der Waals surface area contributed by atoms with Crippen molar-refractivity contribution in [3.63, 3.8) is 0 Å². The molecular formula is C30H23ClN2O4S. The Labute approximate surface area is 227 Å². The van der Waals surface area contributed by atoms with E-state index in [2.05, 4.69) is 22.9 Å². The van der Waals surface area contributed by atoms with Crippen LogP contribution in [0.2, 0.25) is 5.02 Å². The van der Waals surface area contributed by atoms with E-state index >= 15 is 0 Å². The van der Waals surface area contributed by atoms with E-state index in [4.69, 9.17) is 21.3 Å². The molecule has 0 saturated carbocycles. The van der Waals surface area contributed by atoms with Crippen molar-refractivity contribution in [1.82, 2.24) is 4.57 Å². The maximum absolute atomic E-state index is 13.9. The van der Waals surface area contributed by atoms with Gasteiger partial charge in [-0.25, -0.2) is 9.79 Å². The number of halogens is 1. The summed E-state index contributed by atoms with van der Waals surface area (Å²) in [5, 5.41) is 0.621. The minimum atomic E-state index is -0.464. The monoisotopic (exact) mass is 542 g/mol. The van der Waals surface area contributed by atoms with Crippen LogP contribution in [0.15, 0.2) is 88.2 Å². The Morgan fingerprint density at radius 3 is 2.76 bits per heavy atom. The quantitative estimate of drug-likeness (QED) is 0.348. The van der Waals surface area contributed by atoms with Gasteiger partial charge in [0.1, 0.15) is 5.75 Å². The molecule has 0 radical (unpaired) electrons. The first-order chi connectivity index (χ1) is 18.5. The molecule has 38 heavy (non-hydrogen) atoms. The molecule has 2 heterocycles. The first-order valence-electron chi connectivity index (χ1n) is 12.2. The van der Waals surface area contributed by atoms with E-state index in [1.165, 1.54) is 24.0 Å². The molecule has 0 N–H and O–H groups in total. The number of thiazole rings is 1. The van der Waals surface area contributed by atoms with Crippen molar-refractivity contribution in [1.29, 1.82) is 0 Å². The van der Waals surface area contributed by atoms with Crippen LogP contribution in [-0.4, -0.2) is 24.3 Å². The number of aryl methyl sites for hydroxylation is 1. The highest BCUT2D eigenvalue weighted by molar-refractivity contribution is 7.07. The summed E-state index contributed by atoms with van der Waals surface area (Å²) in [6.45, 7) is -0.187. The maximum atomic E-state index is 13.9. The zero-order valence-corrected chi connectivity index (χ0v) is 22.1. The normalized spacial score (nSPS) is 16.3. The Balaban J connectivity index is 1.51. The number of fused-ring (bicyclic) bond motifs is 3. The molecule has 0 spiro atoms. The van der Waals surface area contributed by atoms with Gasteiger partial charge in [0.2, 0.25) is 0 Å². The molecular weight excluding hydrogens is 520 g/mol. The van der Waals surface area contributed by atoms with E-state index in [0.717, 1.165) is 40.8 Å². The summed E-state index contributed by atoms with van der Waals surface area (Å²) >= 11 is 8.06. The van der Waals surface area contributed by atoms with Crippen LogP contribution < -0.4 is 19.6 Å². The van der Waals surface area contributed by atoms with Crippen molar-refractivity contribution in [3.05, 3.63) is 125 Å². The average molecular weight is 543 g/mol. The van der Waals surface area contributed by atoms with Gasteiger partial charge in [-0.15, -0.1) is 0 Å². The van der Waals surface area contributed by atoms with Crippen LogP contribution in [0.5, 0.6) is 5.75 Å². The van der Waals surface area contributed by atoms with Gasteiger partial charge in [0, 0.05) is 10.6 Å². The zero-order chi connectivity index (χ0) is 26.2. The van der Waals surface area contributed by atoms with Crippen molar-refractivity contribution in [3.8, 4) is 5.75 Å². The highest BCUT2D eigenvalue weighted by atomic mass is 35.5. The molecule has 190 valence electrons. The van der Waals surface area contributed by atoms with Gasteiger partial charge in [0.25, 0.3) is 5.56 Å². The summed E-state index contributed by atoms with van der Waals surface area (Å²) in [5.74, 6) is 0.0479. The van der Waals surface area contributed by atoms with Crippen LogP contribution in [0, 0.1) is 0 Å². The van der Waals surface area contributed by atoms with E-state index in [1.807, 2.05) is 48.5 Å². The van der Waals surface area contributed by atoms with E-state index in [9.17, 15) is 9.59 Å². The van der Waals surface area contributed by atoms with Crippen molar-refractivity contribution in [2.45, 2.75) is 18.9 Å². The third-order valence-corrected chi connectivity index (χ3v) is 8.14. The number of allylic oxidation sites excluding steroid dienone is 1. The molecule has 6 nitrogen and oxygen atoms in total.